The van der Waals surface area contributed by atoms with Gasteiger partial charge in [-0.1, -0.05) is 30.3 Å². The fourth-order valence-electron chi connectivity index (χ4n) is 3.54. The predicted molar refractivity (Wildman–Crippen MR) is 89.0 cm³/mol. The molecule has 1 aromatic carbocycles. The largest absolute Gasteiger partial charge is 0.325 e. The maximum absolute atomic E-state index is 12.5. The van der Waals surface area contributed by atoms with E-state index in [0.29, 0.717) is 12.8 Å². The second-order valence-electron chi connectivity index (χ2n) is 6.49. The molecule has 0 aromatic heterocycles. The number of nitrogens with one attached hydrogen (secondary N) is 1. The highest BCUT2D eigenvalue weighted by Gasteiger charge is 2.52. The first-order valence-corrected chi connectivity index (χ1v) is 8.42. The van der Waals surface area contributed by atoms with Crippen LogP contribution in [0.2, 0.25) is 0 Å². The fourth-order valence-corrected chi connectivity index (χ4v) is 3.54. The van der Waals surface area contributed by atoms with Crippen molar-refractivity contribution in [2.75, 3.05) is 26.2 Å². The van der Waals surface area contributed by atoms with Gasteiger partial charge in [0.1, 0.15) is 12.1 Å². The Balaban J connectivity index is 1.48. The molecule has 0 saturated carbocycles. The van der Waals surface area contributed by atoms with Crippen LogP contribution in [0.1, 0.15) is 24.8 Å². The molecule has 24 heavy (non-hydrogen) atoms. The lowest BCUT2D eigenvalue weighted by Gasteiger charge is -2.37. The number of carbonyl (C=O) groups is 2. The van der Waals surface area contributed by atoms with E-state index in [1.807, 2.05) is 12.1 Å². The molecule has 6 nitrogen and oxygen atoms in total. The Hall–Kier alpha value is -2.39. The molecule has 1 N–H and O–H groups in total. The average Bonchev–Trinajstić information content (AvgIpc) is 2.82. The van der Waals surface area contributed by atoms with Crippen molar-refractivity contribution < 1.29 is 9.59 Å². The van der Waals surface area contributed by atoms with E-state index in [2.05, 4.69) is 34.5 Å². The first-order valence-electron chi connectivity index (χ1n) is 8.42. The molecule has 3 amide bonds. The number of benzene rings is 1. The first kappa shape index (κ1) is 16.5. The van der Waals surface area contributed by atoms with Gasteiger partial charge in [-0.2, -0.15) is 5.26 Å². The van der Waals surface area contributed by atoms with Gasteiger partial charge in [0.2, 0.25) is 0 Å². The van der Waals surface area contributed by atoms with Crippen molar-refractivity contribution in [2.24, 2.45) is 0 Å². The molecule has 0 aliphatic carbocycles. The van der Waals surface area contributed by atoms with E-state index in [1.165, 1.54) is 5.56 Å². The molecule has 2 saturated heterocycles. The summed E-state index contributed by atoms with van der Waals surface area (Å²) < 4.78 is 0. The number of aryl methyl sites for hydroxylation is 1. The number of amides is 3. The summed E-state index contributed by atoms with van der Waals surface area (Å²) in [6.07, 6.45) is 3.36. The smallest absolute Gasteiger partial charge is 0.323 e. The lowest BCUT2D eigenvalue weighted by atomic mass is 9.87. The first-order chi connectivity index (χ1) is 11.6. The Bertz CT molecular complexity index is 645. The lowest BCUT2D eigenvalue weighted by Crippen LogP contribution is -2.55. The van der Waals surface area contributed by atoms with Gasteiger partial charge in [0.25, 0.3) is 5.91 Å². The summed E-state index contributed by atoms with van der Waals surface area (Å²) in [6.45, 7) is 2.41. The van der Waals surface area contributed by atoms with Crippen LogP contribution in [0, 0.1) is 11.3 Å². The van der Waals surface area contributed by atoms with Crippen molar-refractivity contribution in [1.29, 1.82) is 5.26 Å². The molecule has 0 bridgehead atoms. The number of imide groups is 1. The molecule has 2 heterocycles. The molecule has 0 radical (unpaired) electrons. The van der Waals surface area contributed by atoms with E-state index in [0.717, 1.165) is 37.4 Å². The highest BCUT2D eigenvalue weighted by atomic mass is 16.2. The van der Waals surface area contributed by atoms with Gasteiger partial charge in [-0.05, 0) is 37.8 Å². The molecule has 0 atom stereocenters. The van der Waals surface area contributed by atoms with Gasteiger partial charge in [0.05, 0.1) is 6.07 Å². The zero-order valence-electron chi connectivity index (χ0n) is 13.7. The number of carbonyl (C=O) groups excluding carboxylic acids is 2. The van der Waals surface area contributed by atoms with E-state index < -0.39 is 11.6 Å². The van der Waals surface area contributed by atoms with Gasteiger partial charge < -0.3 is 10.2 Å². The summed E-state index contributed by atoms with van der Waals surface area (Å²) >= 11 is 0. The van der Waals surface area contributed by atoms with E-state index in [-0.39, 0.29) is 12.5 Å². The second-order valence-corrected chi connectivity index (χ2v) is 6.49. The third-order valence-corrected chi connectivity index (χ3v) is 4.97. The zero-order chi connectivity index (χ0) is 17.0. The molecule has 2 fully saturated rings. The molecule has 3 rings (SSSR count). The minimum absolute atomic E-state index is 0.173. The van der Waals surface area contributed by atoms with Crippen LogP contribution in [0.4, 0.5) is 4.79 Å². The van der Waals surface area contributed by atoms with Crippen LogP contribution in [0.15, 0.2) is 30.3 Å². The van der Waals surface area contributed by atoms with E-state index in [9.17, 15) is 9.59 Å². The summed E-state index contributed by atoms with van der Waals surface area (Å²) in [5, 5.41) is 11.6. The molecule has 126 valence electrons. The summed E-state index contributed by atoms with van der Waals surface area (Å²) in [4.78, 5) is 27.7. The van der Waals surface area contributed by atoms with Crippen molar-refractivity contribution >= 4 is 11.9 Å². The Kier molecular flexibility index (Phi) is 4.81. The van der Waals surface area contributed by atoms with Crippen LogP contribution >= 0.6 is 0 Å². The molecule has 6 heteroatoms. The van der Waals surface area contributed by atoms with Crippen LogP contribution in [0.5, 0.6) is 0 Å². The number of nitriles is 1. The molecule has 2 aliphatic rings. The van der Waals surface area contributed by atoms with Gasteiger partial charge in [0, 0.05) is 13.1 Å². The topological polar surface area (TPSA) is 76.4 Å². The van der Waals surface area contributed by atoms with Gasteiger partial charge in [-0.25, -0.2) is 9.69 Å². The van der Waals surface area contributed by atoms with Crippen molar-refractivity contribution in [2.45, 2.75) is 31.2 Å². The maximum atomic E-state index is 12.5. The van der Waals surface area contributed by atoms with Crippen molar-refractivity contribution in [3.8, 4) is 6.07 Å². The number of nitrogens with zero attached hydrogens (tertiary/aromatic N) is 3. The Morgan fingerprint density at radius 2 is 1.88 bits per heavy atom. The van der Waals surface area contributed by atoms with Gasteiger partial charge in [-0.3, -0.25) is 4.79 Å². The molecule has 2 aliphatic heterocycles. The van der Waals surface area contributed by atoms with Crippen LogP contribution in [-0.2, 0) is 11.2 Å². The van der Waals surface area contributed by atoms with Crippen LogP contribution in [-0.4, -0.2) is 53.5 Å². The molecular formula is C18H22N4O2. The summed E-state index contributed by atoms with van der Waals surface area (Å²) in [5.74, 6) is -0.238. The predicted octanol–water partition coefficient (Wildman–Crippen LogP) is 1.53. The molecule has 0 unspecified atom stereocenters. The standard InChI is InChI=1S/C18H22N4O2/c19-10-14-22-16(23)18(20-17(22)24)8-12-21(13-9-18)11-4-7-15-5-2-1-3-6-15/h1-3,5-6H,4,7-9,11-14H2,(H,20,24). The maximum Gasteiger partial charge on any atom is 0.325 e. The third-order valence-electron chi connectivity index (χ3n) is 4.97. The Morgan fingerprint density at radius 3 is 2.54 bits per heavy atom. The lowest BCUT2D eigenvalue weighted by molar-refractivity contribution is -0.132. The SMILES string of the molecule is N#CCN1C(=O)NC2(CCN(CCCc3ccccc3)CC2)C1=O. The van der Waals surface area contributed by atoms with Crippen molar-refractivity contribution in [3.63, 3.8) is 0 Å². The molecule has 1 spiro atoms. The molecular weight excluding hydrogens is 304 g/mol. The average molecular weight is 326 g/mol. The van der Waals surface area contributed by atoms with E-state index in [4.69, 9.17) is 5.26 Å². The minimum atomic E-state index is -0.788. The third kappa shape index (κ3) is 3.26. The van der Waals surface area contributed by atoms with Crippen molar-refractivity contribution in [1.82, 2.24) is 15.1 Å². The summed E-state index contributed by atoms with van der Waals surface area (Å²) in [7, 11) is 0. The van der Waals surface area contributed by atoms with Gasteiger partial charge in [-0.15, -0.1) is 0 Å². The number of urea groups is 1. The normalized spacial score (nSPS) is 20.2. The van der Waals surface area contributed by atoms with Crippen LogP contribution in [0.25, 0.3) is 0 Å². The van der Waals surface area contributed by atoms with E-state index >= 15 is 0 Å². The number of likely N-dealkylation sites (tertiary alicyclic amines) is 1. The Labute approximate surface area is 142 Å². The highest BCUT2D eigenvalue weighted by molar-refractivity contribution is 6.07. The van der Waals surface area contributed by atoms with Gasteiger partial charge in [0.15, 0.2) is 0 Å². The quantitative estimate of drug-likeness (QED) is 0.657. The van der Waals surface area contributed by atoms with E-state index in [1.54, 1.807) is 0 Å². The highest BCUT2D eigenvalue weighted by Crippen LogP contribution is 2.29. The Morgan fingerprint density at radius 1 is 1.17 bits per heavy atom. The fraction of sp³-hybridized carbons (Fsp3) is 0.500. The van der Waals surface area contributed by atoms with Crippen LogP contribution in [0.3, 0.4) is 0 Å². The summed E-state index contributed by atoms with van der Waals surface area (Å²) in [6, 6.07) is 11.9. The second kappa shape index (κ2) is 7.02. The number of piperidine rings is 1. The van der Waals surface area contributed by atoms with Crippen LogP contribution < -0.4 is 5.32 Å². The number of hydrogen-bond acceptors (Lipinski definition) is 4. The molecule has 1 aromatic rings. The van der Waals surface area contributed by atoms with Gasteiger partial charge >= 0.3 is 6.03 Å². The number of hydrogen-bond donors (Lipinski definition) is 1. The monoisotopic (exact) mass is 326 g/mol. The van der Waals surface area contributed by atoms with Crippen molar-refractivity contribution in [3.05, 3.63) is 35.9 Å². The summed E-state index contributed by atoms with van der Waals surface area (Å²) in [5.41, 5.74) is 0.556. The zero-order valence-corrected chi connectivity index (χ0v) is 13.7. The minimum Gasteiger partial charge on any atom is -0.323 e. The number of rotatable bonds is 5.